The molecule has 64 heavy (non-hydrogen) atoms. The van der Waals surface area contributed by atoms with Crippen molar-refractivity contribution in [3.63, 3.8) is 0 Å². The number of hydrogen-bond donors (Lipinski definition) is 2. The molecule has 356 valence electrons. The topological polar surface area (TPSA) is 164 Å². The number of ketones is 2. The number of Topliss-reactive ketones (excluding diaryl/α,β-unsaturated/α-hetero) is 2. The first-order valence-electron chi connectivity index (χ1n) is 23.7. The molecule has 4 aliphatic rings. The number of hydrogen-bond acceptors (Lipinski definition) is 11. The van der Waals surface area contributed by atoms with Gasteiger partial charge in [-0.05, 0) is 113 Å². The summed E-state index contributed by atoms with van der Waals surface area (Å²) in [6, 6.07) is 8.78. The van der Waals surface area contributed by atoms with Crippen molar-refractivity contribution in [1.82, 2.24) is 4.90 Å². The first-order chi connectivity index (χ1) is 30.5. The van der Waals surface area contributed by atoms with Crippen LogP contribution in [0.2, 0.25) is 0 Å². The van der Waals surface area contributed by atoms with E-state index in [1.807, 2.05) is 63.3 Å². The zero-order valence-corrected chi connectivity index (χ0v) is 39.4. The number of carbonyl (C=O) groups excluding carboxylic acids is 4. The molecule has 5 rings (SSSR count). The molecule has 1 aromatic carbocycles. The molecule has 3 heterocycles. The number of carbonyl (C=O) groups is 4. The van der Waals surface area contributed by atoms with E-state index in [0.29, 0.717) is 44.3 Å². The third kappa shape index (κ3) is 12.6. The zero-order chi connectivity index (χ0) is 46.7. The zero-order valence-electron chi connectivity index (χ0n) is 39.4. The predicted molar refractivity (Wildman–Crippen MR) is 243 cm³/mol. The van der Waals surface area contributed by atoms with Crippen LogP contribution in [0.5, 0.6) is 0 Å². The highest BCUT2D eigenvalue weighted by molar-refractivity contribution is 6.39. The van der Waals surface area contributed by atoms with Gasteiger partial charge in [-0.3, -0.25) is 14.4 Å². The monoisotopic (exact) mass is 895 g/mol. The number of methoxy groups -OCH3 is 2. The summed E-state index contributed by atoms with van der Waals surface area (Å²) in [7, 11) is 2.93. The van der Waals surface area contributed by atoms with Gasteiger partial charge in [0, 0.05) is 45.1 Å². The Morgan fingerprint density at radius 2 is 1.66 bits per heavy atom. The van der Waals surface area contributed by atoms with Gasteiger partial charge in [0.1, 0.15) is 30.2 Å². The van der Waals surface area contributed by atoms with E-state index < -0.39 is 77.8 Å². The Labute approximate surface area is 380 Å². The van der Waals surface area contributed by atoms with Gasteiger partial charge in [0.2, 0.25) is 5.79 Å². The highest BCUT2D eigenvalue weighted by Gasteiger charge is 2.56. The lowest BCUT2D eigenvalue weighted by molar-refractivity contribution is -0.302. The summed E-state index contributed by atoms with van der Waals surface area (Å²) < 4.78 is 46.8. The average molecular weight is 895 g/mol. The molecular weight excluding hydrogens is 820 g/mol. The number of amides is 1. The van der Waals surface area contributed by atoms with E-state index in [2.05, 4.69) is 6.08 Å². The van der Waals surface area contributed by atoms with Gasteiger partial charge in [0.25, 0.3) is 11.7 Å². The number of alkyl halides is 1. The Kier molecular flexibility index (Phi) is 19.1. The number of piperidine rings is 1. The van der Waals surface area contributed by atoms with Gasteiger partial charge in [-0.2, -0.15) is 0 Å². The molecule has 1 aliphatic carbocycles. The molecule has 14 atom stereocenters. The number of cyclic esters (lactones) is 1. The smallest absolute Gasteiger partial charge is 0.329 e. The Balaban J connectivity index is 1.46. The number of fused-ring (bicyclic) bond motifs is 3. The minimum absolute atomic E-state index is 0.0296. The maximum absolute atomic E-state index is 16.3. The molecule has 14 unspecified atom stereocenters. The second-order valence-electron chi connectivity index (χ2n) is 19.0. The Morgan fingerprint density at radius 3 is 2.34 bits per heavy atom. The number of allylic oxidation sites excluding steroid dienone is 3. The fourth-order valence-corrected chi connectivity index (χ4v) is 10.2. The van der Waals surface area contributed by atoms with Crippen molar-refractivity contribution in [2.75, 3.05) is 27.4 Å². The van der Waals surface area contributed by atoms with Crippen LogP contribution < -0.4 is 5.73 Å². The lowest BCUT2D eigenvalue weighted by Gasteiger charge is -2.47. The van der Waals surface area contributed by atoms with Crippen molar-refractivity contribution >= 4 is 29.5 Å². The summed E-state index contributed by atoms with van der Waals surface area (Å²) in [5.74, 6) is -7.73. The van der Waals surface area contributed by atoms with E-state index in [0.717, 1.165) is 24.0 Å². The van der Waals surface area contributed by atoms with Crippen LogP contribution in [-0.4, -0.2) is 115 Å². The highest BCUT2D eigenvalue weighted by atomic mass is 19.1. The molecule has 2 saturated heterocycles. The quantitative estimate of drug-likeness (QED) is 0.143. The molecule has 3 aliphatic heterocycles. The van der Waals surface area contributed by atoms with Crippen LogP contribution in [0.4, 0.5) is 4.39 Å². The molecule has 3 fully saturated rings. The lowest BCUT2D eigenvalue weighted by atomic mass is 9.81. The number of benzene rings is 1. The standard InChI is InChI=1S/C51H75FN2O10/c1-9-38-27-32(3)45(52)33(4)28-43(60-7)47-44(61-8)29-35(6)51(59,64-47)48(56)49(57)54-24-14-13-19-40(54)50(58)63-46(31(2)20-23-41(38)55)34(5)26-37-21-22-39(53)42(30-37)62-25-15-18-36-16-11-10-12-17-36/h10-12,15-18,26-27,31,33,35,37-40,42-47,59H,9,13-14,19-25,28-30,53H2,1-8H3/b18-15?,32-27+,34-26?. The van der Waals surface area contributed by atoms with Crippen LogP contribution in [-0.2, 0) is 42.9 Å². The molecule has 3 N–H and O–H groups in total. The minimum Gasteiger partial charge on any atom is -0.456 e. The van der Waals surface area contributed by atoms with Gasteiger partial charge in [0.05, 0.1) is 24.9 Å². The Hall–Kier alpha value is -3.59. The molecule has 13 heteroatoms. The number of esters is 1. The van der Waals surface area contributed by atoms with E-state index in [1.54, 1.807) is 26.8 Å². The van der Waals surface area contributed by atoms with Crippen molar-refractivity contribution in [2.45, 2.75) is 167 Å². The van der Waals surface area contributed by atoms with E-state index >= 15 is 4.39 Å². The molecule has 1 saturated carbocycles. The van der Waals surface area contributed by atoms with Gasteiger partial charge < -0.3 is 39.4 Å². The third-order valence-electron chi connectivity index (χ3n) is 14.3. The van der Waals surface area contributed by atoms with Gasteiger partial charge in [-0.25, -0.2) is 9.18 Å². The van der Waals surface area contributed by atoms with Crippen molar-refractivity contribution in [3.05, 3.63) is 65.3 Å². The predicted octanol–water partition coefficient (Wildman–Crippen LogP) is 7.50. The van der Waals surface area contributed by atoms with E-state index in [4.69, 9.17) is 29.4 Å². The molecule has 12 nitrogen and oxygen atoms in total. The first kappa shape index (κ1) is 51.4. The van der Waals surface area contributed by atoms with Crippen molar-refractivity contribution in [3.8, 4) is 0 Å². The summed E-state index contributed by atoms with van der Waals surface area (Å²) in [6.45, 7) is 11.3. The van der Waals surface area contributed by atoms with Crippen LogP contribution in [0.25, 0.3) is 6.08 Å². The molecule has 0 aromatic heterocycles. The number of halogens is 1. The van der Waals surface area contributed by atoms with Crippen molar-refractivity contribution in [2.24, 2.45) is 35.3 Å². The molecule has 1 amide bonds. The maximum atomic E-state index is 16.3. The fourth-order valence-electron chi connectivity index (χ4n) is 10.2. The number of nitrogens with zero attached hydrogens (tertiary/aromatic N) is 1. The van der Waals surface area contributed by atoms with E-state index in [1.165, 1.54) is 19.1 Å². The minimum atomic E-state index is -2.57. The largest absolute Gasteiger partial charge is 0.456 e. The van der Waals surface area contributed by atoms with E-state index in [-0.39, 0.29) is 62.0 Å². The van der Waals surface area contributed by atoms with Crippen LogP contribution in [0.1, 0.15) is 118 Å². The van der Waals surface area contributed by atoms with Crippen LogP contribution in [0.15, 0.2) is 59.7 Å². The average Bonchev–Trinajstić information content (AvgIpc) is 3.30. The molecule has 0 spiro atoms. The molecule has 1 aromatic rings. The van der Waals surface area contributed by atoms with Gasteiger partial charge >= 0.3 is 5.97 Å². The Morgan fingerprint density at radius 1 is 0.953 bits per heavy atom. The SMILES string of the molecule is CCC1/C=C(\C)C(F)C(C)CC(OC)C2OC(O)(C(=O)C(=O)N3CCCCC3C(=O)OC(C(C)=CC3CCC(N)C(OCC=Cc4ccccc4)C3)C(C)CCC1=O)C(C)CC2OC. The van der Waals surface area contributed by atoms with Crippen molar-refractivity contribution < 1.29 is 52.4 Å². The molecule has 2 bridgehead atoms. The second-order valence-corrected chi connectivity index (χ2v) is 19.0. The second kappa shape index (κ2) is 23.7. The summed E-state index contributed by atoms with van der Waals surface area (Å²) in [6.07, 6.45) is 7.97. The molecular formula is C51H75FN2O10. The first-order valence-corrected chi connectivity index (χ1v) is 23.7. The third-order valence-corrected chi connectivity index (χ3v) is 14.3. The van der Waals surface area contributed by atoms with E-state index in [9.17, 15) is 24.3 Å². The normalized spacial score (nSPS) is 37.9. The van der Waals surface area contributed by atoms with Crippen LogP contribution in [0, 0.1) is 29.6 Å². The van der Waals surface area contributed by atoms with Gasteiger partial charge in [0.15, 0.2) is 0 Å². The molecule has 0 radical (unpaired) electrons. The lowest BCUT2D eigenvalue weighted by Crippen LogP contribution is -2.64. The summed E-state index contributed by atoms with van der Waals surface area (Å²) >= 11 is 0. The summed E-state index contributed by atoms with van der Waals surface area (Å²) in [4.78, 5) is 58.2. The summed E-state index contributed by atoms with van der Waals surface area (Å²) in [5.41, 5.74) is 8.87. The number of aliphatic hydroxyl groups is 1. The maximum Gasteiger partial charge on any atom is 0.329 e. The van der Waals surface area contributed by atoms with Gasteiger partial charge in [-0.1, -0.05) is 82.3 Å². The summed E-state index contributed by atoms with van der Waals surface area (Å²) in [5, 5.41) is 12.1. The van der Waals surface area contributed by atoms with Gasteiger partial charge in [-0.15, -0.1) is 0 Å². The van der Waals surface area contributed by atoms with Crippen LogP contribution >= 0.6 is 0 Å². The van der Waals surface area contributed by atoms with Crippen LogP contribution in [0.3, 0.4) is 0 Å². The number of nitrogens with two attached hydrogens (primary N) is 1. The van der Waals surface area contributed by atoms with Crippen molar-refractivity contribution in [1.29, 1.82) is 0 Å². The fraction of sp³-hybridized carbons (Fsp3) is 0.686. The Bertz CT molecular complexity index is 1820. The highest BCUT2D eigenvalue weighted by Crippen LogP contribution is 2.39. The number of ether oxygens (including phenoxy) is 5. The number of rotatable bonds is 9.